The fourth-order valence-corrected chi connectivity index (χ4v) is 1.68. The van der Waals surface area contributed by atoms with Gasteiger partial charge in [-0.3, -0.25) is 4.79 Å². The predicted octanol–water partition coefficient (Wildman–Crippen LogP) is 2.31. The molecule has 2 aromatic rings. The van der Waals surface area contributed by atoms with Gasteiger partial charge >= 0.3 is 0 Å². The van der Waals surface area contributed by atoms with Crippen LogP contribution in [0.5, 0.6) is 11.5 Å². The molecule has 6 heteroatoms. The van der Waals surface area contributed by atoms with Crippen molar-refractivity contribution in [1.29, 1.82) is 0 Å². The number of phenolic OH excluding ortho intramolecular Hbond substituents is 2. The van der Waals surface area contributed by atoms with E-state index in [9.17, 15) is 23.8 Å². The molecule has 0 unspecified atom stereocenters. The minimum atomic E-state index is -0.852. The summed E-state index contributed by atoms with van der Waals surface area (Å²) in [6, 6.07) is 6.32. The van der Waals surface area contributed by atoms with Crippen molar-refractivity contribution in [2.45, 2.75) is 6.54 Å². The molecule has 0 fully saturated rings. The van der Waals surface area contributed by atoms with Crippen LogP contribution in [0.15, 0.2) is 36.4 Å². The molecule has 1 amide bonds. The molecule has 2 aromatic carbocycles. The number of carbonyl (C=O) groups excluding carboxylic acids is 1. The molecule has 4 nitrogen and oxygen atoms in total. The van der Waals surface area contributed by atoms with Crippen LogP contribution < -0.4 is 5.32 Å². The fourth-order valence-electron chi connectivity index (χ4n) is 1.68. The first-order valence-electron chi connectivity index (χ1n) is 5.71. The molecule has 2 rings (SSSR count). The van der Waals surface area contributed by atoms with E-state index in [-0.39, 0.29) is 29.2 Å². The largest absolute Gasteiger partial charge is 0.508 e. The third-order valence-corrected chi connectivity index (χ3v) is 2.63. The first-order valence-corrected chi connectivity index (χ1v) is 5.71. The maximum absolute atomic E-state index is 13.0. The zero-order valence-corrected chi connectivity index (χ0v) is 10.2. The van der Waals surface area contributed by atoms with Crippen LogP contribution in [0.2, 0.25) is 0 Å². The Labute approximate surface area is 113 Å². The zero-order chi connectivity index (χ0) is 14.7. The van der Waals surface area contributed by atoms with Crippen molar-refractivity contribution in [1.82, 2.24) is 5.32 Å². The van der Waals surface area contributed by atoms with Crippen LogP contribution >= 0.6 is 0 Å². The second-order valence-corrected chi connectivity index (χ2v) is 4.15. The van der Waals surface area contributed by atoms with E-state index in [1.54, 1.807) is 0 Å². The van der Waals surface area contributed by atoms with Crippen LogP contribution in [0.3, 0.4) is 0 Å². The van der Waals surface area contributed by atoms with Gasteiger partial charge in [-0.05, 0) is 30.3 Å². The third-order valence-electron chi connectivity index (χ3n) is 2.63. The van der Waals surface area contributed by atoms with Gasteiger partial charge in [0.15, 0.2) is 0 Å². The molecular weight excluding hydrogens is 268 g/mol. The summed E-state index contributed by atoms with van der Waals surface area (Å²) in [5.41, 5.74) is 0.123. The molecule has 0 bridgehead atoms. The van der Waals surface area contributed by atoms with Crippen LogP contribution in [-0.2, 0) is 6.54 Å². The summed E-state index contributed by atoms with van der Waals surface area (Å²) in [6.45, 7) is -0.0861. The van der Waals surface area contributed by atoms with Gasteiger partial charge in [0, 0.05) is 23.7 Å². The molecule has 0 radical (unpaired) electrons. The highest BCUT2D eigenvalue weighted by atomic mass is 19.1. The second-order valence-electron chi connectivity index (χ2n) is 4.15. The van der Waals surface area contributed by atoms with Crippen LogP contribution in [0.4, 0.5) is 8.78 Å². The first-order chi connectivity index (χ1) is 9.45. The Kier molecular flexibility index (Phi) is 3.84. The smallest absolute Gasteiger partial charge is 0.251 e. The highest BCUT2D eigenvalue weighted by Crippen LogP contribution is 2.21. The average molecular weight is 279 g/mol. The van der Waals surface area contributed by atoms with Crippen molar-refractivity contribution >= 4 is 5.91 Å². The molecule has 0 saturated carbocycles. The Hall–Kier alpha value is -2.63. The fraction of sp³-hybridized carbons (Fsp3) is 0.0714. The molecule has 0 aliphatic carbocycles. The summed E-state index contributed by atoms with van der Waals surface area (Å²) < 4.78 is 26.0. The molecular formula is C14H11F2NO3. The lowest BCUT2D eigenvalue weighted by Gasteiger charge is -2.08. The minimum Gasteiger partial charge on any atom is -0.508 e. The summed E-state index contributed by atoms with van der Waals surface area (Å²) in [6.07, 6.45) is 0. The van der Waals surface area contributed by atoms with Crippen LogP contribution in [0, 0.1) is 11.6 Å². The van der Waals surface area contributed by atoms with Crippen molar-refractivity contribution in [3.63, 3.8) is 0 Å². The SMILES string of the molecule is O=C(NCc1cc(O)ccc1O)c1cc(F)cc(F)c1. The van der Waals surface area contributed by atoms with Gasteiger partial charge in [-0.15, -0.1) is 0 Å². The third kappa shape index (κ3) is 3.23. The van der Waals surface area contributed by atoms with Crippen LogP contribution in [0.1, 0.15) is 15.9 Å². The predicted molar refractivity (Wildman–Crippen MR) is 67.3 cm³/mol. The lowest BCUT2D eigenvalue weighted by molar-refractivity contribution is 0.0949. The Morgan fingerprint density at radius 1 is 1.05 bits per heavy atom. The summed E-state index contributed by atoms with van der Waals surface area (Å²) in [5, 5.41) is 21.2. The van der Waals surface area contributed by atoms with E-state index >= 15 is 0 Å². The highest BCUT2D eigenvalue weighted by molar-refractivity contribution is 5.94. The van der Waals surface area contributed by atoms with E-state index in [4.69, 9.17) is 0 Å². The molecule has 3 N–H and O–H groups in total. The van der Waals surface area contributed by atoms with E-state index in [0.717, 1.165) is 12.1 Å². The summed E-state index contributed by atoms with van der Waals surface area (Å²) in [5.74, 6) is -2.56. The standard InChI is InChI=1S/C14H11F2NO3/c15-10-3-8(4-11(16)6-10)14(20)17-7-9-5-12(18)1-2-13(9)19/h1-6,18-19H,7H2,(H,17,20). The first kappa shape index (κ1) is 13.8. The number of carbonyl (C=O) groups is 1. The van der Waals surface area contributed by atoms with Gasteiger partial charge in [0.1, 0.15) is 23.1 Å². The Morgan fingerprint density at radius 3 is 2.35 bits per heavy atom. The number of nitrogens with one attached hydrogen (secondary N) is 1. The van der Waals surface area contributed by atoms with Crippen molar-refractivity contribution in [2.24, 2.45) is 0 Å². The van der Waals surface area contributed by atoms with E-state index < -0.39 is 17.5 Å². The van der Waals surface area contributed by atoms with E-state index in [2.05, 4.69) is 5.32 Å². The van der Waals surface area contributed by atoms with Crippen LogP contribution in [-0.4, -0.2) is 16.1 Å². The molecule has 0 heterocycles. The van der Waals surface area contributed by atoms with E-state index in [1.165, 1.54) is 18.2 Å². The van der Waals surface area contributed by atoms with Crippen molar-refractivity contribution in [3.8, 4) is 11.5 Å². The molecule has 0 atom stereocenters. The van der Waals surface area contributed by atoms with Gasteiger partial charge < -0.3 is 15.5 Å². The molecule has 0 aromatic heterocycles. The van der Waals surface area contributed by atoms with Gasteiger partial charge in [0.2, 0.25) is 0 Å². The number of aromatic hydroxyl groups is 2. The Morgan fingerprint density at radius 2 is 1.70 bits per heavy atom. The lowest BCUT2D eigenvalue weighted by atomic mass is 10.1. The molecule has 20 heavy (non-hydrogen) atoms. The molecule has 0 aliphatic heterocycles. The molecule has 0 aliphatic rings. The number of hydrogen-bond donors (Lipinski definition) is 3. The Balaban J connectivity index is 2.10. The summed E-state index contributed by atoms with van der Waals surface area (Å²) in [7, 11) is 0. The molecule has 0 spiro atoms. The Bertz CT molecular complexity index is 639. The van der Waals surface area contributed by atoms with Crippen molar-refractivity contribution < 1.29 is 23.8 Å². The van der Waals surface area contributed by atoms with Gasteiger partial charge in [-0.1, -0.05) is 0 Å². The minimum absolute atomic E-state index is 0.0659. The van der Waals surface area contributed by atoms with Gasteiger partial charge in [0.25, 0.3) is 5.91 Å². The number of phenols is 2. The maximum Gasteiger partial charge on any atom is 0.251 e. The van der Waals surface area contributed by atoms with Gasteiger partial charge in [-0.2, -0.15) is 0 Å². The quantitative estimate of drug-likeness (QED) is 0.755. The average Bonchev–Trinajstić information content (AvgIpc) is 2.38. The summed E-state index contributed by atoms with van der Waals surface area (Å²) in [4.78, 5) is 11.7. The lowest BCUT2D eigenvalue weighted by Crippen LogP contribution is -2.23. The second kappa shape index (κ2) is 5.56. The molecule has 0 saturated heterocycles. The monoisotopic (exact) mass is 279 g/mol. The zero-order valence-electron chi connectivity index (χ0n) is 10.2. The van der Waals surface area contributed by atoms with E-state index in [1.807, 2.05) is 0 Å². The number of halogens is 2. The number of benzene rings is 2. The number of rotatable bonds is 3. The highest BCUT2D eigenvalue weighted by Gasteiger charge is 2.10. The number of hydrogen-bond acceptors (Lipinski definition) is 3. The van der Waals surface area contributed by atoms with Gasteiger partial charge in [0.05, 0.1) is 0 Å². The maximum atomic E-state index is 13.0. The molecule has 104 valence electrons. The van der Waals surface area contributed by atoms with E-state index in [0.29, 0.717) is 6.07 Å². The van der Waals surface area contributed by atoms with Gasteiger partial charge in [-0.25, -0.2) is 8.78 Å². The van der Waals surface area contributed by atoms with Crippen molar-refractivity contribution in [2.75, 3.05) is 0 Å². The normalized spacial score (nSPS) is 10.3. The number of amides is 1. The van der Waals surface area contributed by atoms with Crippen LogP contribution in [0.25, 0.3) is 0 Å². The topological polar surface area (TPSA) is 69.6 Å². The van der Waals surface area contributed by atoms with Crippen molar-refractivity contribution in [3.05, 3.63) is 59.2 Å². The summed E-state index contributed by atoms with van der Waals surface area (Å²) >= 11 is 0.